The van der Waals surface area contributed by atoms with Crippen LogP contribution >= 0.6 is 0 Å². The molecule has 1 aromatic carbocycles. The molecule has 1 aromatic rings. The van der Waals surface area contributed by atoms with Crippen LogP contribution in [0.2, 0.25) is 0 Å². The molecule has 0 bridgehead atoms. The molecule has 0 amide bonds. The van der Waals surface area contributed by atoms with E-state index in [2.05, 4.69) is 6.58 Å². The molecule has 0 unspecified atom stereocenters. The van der Waals surface area contributed by atoms with Gasteiger partial charge in [0.05, 0.1) is 9.80 Å². The van der Waals surface area contributed by atoms with E-state index in [4.69, 9.17) is 0 Å². The molecule has 0 N–H and O–H groups in total. The van der Waals surface area contributed by atoms with Crippen molar-refractivity contribution >= 4 is 9.84 Å². The van der Waals surface area contributed by atoms with Crippen LogP contribution in [0.25, 0.3) is 0 Å². The number of benzene rings is 1. The Bertz CT molecular complexity index is 549. The Morgan fingerprint density at radius 3 is 2.35 bits per heavy atom. The third kappa shape index (κ3) is 3.17. The van der Waals surface area contributed by atoms with Crippen molar-refractivity contribution < 1.29 is 8.42 Å². The van der Waals surface area contributed by atoms with Crippen LogP contribution < -0.4 is 0 Å². The zero-order valence-corrected chi connectivity index (χ0v) is 10.9. The summed E-state index contributed by atoms with van der Waals surface area (Å²) in [5, 5.41) is 0. The molecule has 1 rings (SSSR count). The van der Waals surface area contributed by atoms with Crippen LogP contribution in [0.3, 0.4) is 0 Å². The summed E-state index contributed by atoms with van der Waals surface area (Å²) >= 11 is 0. The van der Waals surface area contributed by atoms with Gasteiger partial charge < -0.3 is 0 Å². The lowest BCUT2D eigenvalue weighted by Crippen LogP contribution is -2.04. The van der Waals surface area contributed by atoms with Crippen LogP contribution in [-0.4, -0.2) is 8.42 Å². The first-order valence-electron chi connectivity index (χ1n) is 5.29. The van der Waals surface area contributed by atoms with Gasteiger partial charge in [-0.3, -0.25) is 0 Å². The third-order valence-electron chi connectivity index (χ3n) is 2.36. The van der Waals surface area contributed by atoms with Crippen molar-refractivity contribution in [3.05, 3.63) is 65.6 Å². The smallest absolute Gasteiger partial charge is 0.206 e. The van der Waals surface area contributed by atoms with Crippen LogP contribution in [0.15, 0.2) is 70.5 Å². The van der Waals surface area contributed by atoms with Crippen molar-refractivity contribution in [1.29, 1.82) is 0 Å². The fourth-order valence-electron chi connectivity index (χ4n) is 1.29. The third-order valence-corrected chi connectivity index (χ3v) is 4.22. The Balaban J connectivity index is 3.13. The Morgan fingerprint density at radius 1 is 1.24 bits per heavy atom. The second kappa shape index (κ2) is 5.64. The highest BCUT2D eigenvalue weighted by atomic mass is 32.2. The molecule has 90 valence electrons. The van der Waals surface area contributed by atoms with Crippen LogP contribution in [-0.2, 0) is 9.84 Å². The summed E-state index contributed by atoms with van der Waals surface area (Å²) in [6.07, 6.45) is 5.37. The predicted octanol–water partition coefficient (Wildman–Crippen LogP) is 3.50. The van der Waals surface area contributed by atoms with E-state index < -0.39 is 9.84 Å². The molecule has 0 fully saturated rings. The minimum Gasteiger partial charge on any atom is -0.219 e. The Morgan fingerprint density at radius 2 is 1.82 bits per heavy atom. The summed E-state index contributed by atoms with van der Waals surface area (Å²) in [6, 6.07) is 8.33. The number of rotatable bonds is 4. The summed E-state index contributed by atoms with van der Waals surface area (Å²) in [5.41, 5.74) is 0.645. The fourth-order valence-corrected chi connectivity index (χ4v) is 2.58. The van der Waals surface area contributed by atoms with E-state index >= 15 is 0 Å². The first-order chi connectivity index (χ1) is 8.00. The van der Waals surface area contributed by atoms with E-state index in [-0.39, 0.29) is 9.80 Å². The highest BCUT2D eigenvalue weighted by molar-refractivity contribution is 7.95. The van der Waals surface area contributed by atoms with Gasteiger partial charge in [-0.1, -0.05) is 43.0 Å². The molecule has 0 saturated heterocycles. The van der Waals surface area contributed by atoms with Gasteiger partial charge in [-0.2, -0.15) is 0 Å². The standard InChI is InChI=1S/C14H16O2S/c1-4-5-9-12(2)13(3)17(15,16)14-10-7-6-8-11-14/h4-11H,3H2,1-2H3/b5-4-,12-9-. The SMILES string of the molecule is C=C(/C(C)=C\C=C/C)S(=O)(=O)c1ccccc1. The van der Waals surface area contributed by atoms with Crippen LogP contribution in [0, 0.1) is 0 Å². The zero-order valence-electron chi connectivity index (χ0n) is 10.1. The average molecular weight is 248 g/mol. The highest BCUT2D eigenvalue weighted by Crippen LogP contribution is 2.23. The van der Waals surface area contributed by atoms with E-state index in [9.17, 15) is 8.42 Å². The molecule has 0 aliphatic carbocycles. The fraction of sp³-hybridized carbons (Fsp3) is 0.143. The lowest BCUT2D eigenvalue weighted by atomic mass is 10.3. The maximum Gasteiger partial charge on any atom is 0.206 e. The van der Waals surface area contributed by atoms with E-state index in [1.165, 1.54) is 0 Å². The van der Waals surface area contributed by atoms with E-state index in [0.29, 0.717) is 5.57 Å². The monoisotopic (exact) mass is 248 g/mol. The largest absolute Gasteiger partial charge is 0.219 e. The molecular weight excluding hydrogens is 232 g/mol. The average Bonchev–Trinajstić information content (AvgIpc) is 2.36. The molecule has 0 aliphatic heterocycles. The van der Waals surface area contributed by atoms with Crippen LogP contribution in [0.1, 0.15) is 13.8 Å². The molecule has 2 nitrogen and oxygen atoms in total. The topological polar surface area (TPSA) is 34.1 Å². The van der Waals surface area contributed by atoms with Gasteiger partial charge in [0.1, 0.15) is 0 Å². The summed E-state index contributed by atoms with van der Waals surface area (Å²) in [6.45, 7) is 7.28. The van der Waals surface area contributed by atoms with Gasteiger partial charge >= 0.3 is 0 Å². The van der Waals surface area contributed by atoms with Gasteiger partial charge in [-0.05, 0) is 31.6 Å². The molecule has 3 heteroatoms. The molecule has 0 heterocycles. The van der Waals surface area contributed by atoms with Crippen LogP contribution in [0.5, 0.6) is 0 Å². The van der Waals surface area contributed by atoms with Crippen molar-refractivity contribution in [2.75, 3.05) is 0 Å². The molecule has 0 saturated carbocycles. The van der Waals surface area contributed by atoms with Gasteiger partial charge in [0.2, 0.25) is 9.84 Å². The molecule has 17 heavy (non-hydrogen) atoms. The summed E-state index contributed by atoms with van der Waals surface area (Å²) in [4.78, 5) is 0.417. The zero-order chi connectivity index (χ0) is 12.9. The van der Waals surface area contributed by atoms with Gasteiger partial charge in [-0.25, -0.2) is 8.42 Å². The molecule has 0 aromatic heterocycles. The number of sulfone groups is 1. The van der Waals surface area contributed by atoms with Gasteiger partial charge in [0.25, 0.3) is 0 Å². The Kier molecular flexibility index (Phi) is 4.46. The van der Waals surface area contributed by atoms with E-state index in [1.54, 1.807) is 49.4 Å². The summed E-state index contributed by atoms with van der Waals surface area (Å²) < 4.78 is 24.3. The second-order valence-corrected chi connectivity index (χ2v) is 5.59. The molecule has 0 spiro atoms. The first kappa shape index (κ1) is 13.5. The highest BCUT2D eigenvalue weighted by Gasteiger charge is 2.19. The van der Waals surface area contributed by atoms with E-state index in [0.717, 1.165) is 0 Å². The summed E-state index contributed by atoms with van der Waals surface area (Å²) in [5.74, 6) is 0. The number of allylic oxidation sites excluding steroid dienone is 4. The molecular formula is C14H16O2S. The van der Waals surface area contributed by atoms with Crippen molar-refractivity contribution in [3.63, 3.8) is 0 Å². The molecule has 0 atom stereocenters. The van der Waals surface area contributed by atoms with Crippen molar-refractivity contribution in [2.45, 2.75) is 18.7 Å². The molecule has 0 radical (unpaired) electrons. The minimum atomic E-state index is -3.47. The second-order valence-electron chi connectivity index (χ2n) is 3.62. The van der Waals surface area contributed by atoms with Crippen LogP contribution in [0.4, 0.5) is 0 Å². The quantitative estimate of drug-likeness (QED) is 0.764. The van der Waals surface area contributed by atoms with Gasteiger partial charge in [0, 0.05) is 0 Å². The maximum absolute atomic E-state index is 12.2. The van der Waals surface area contributed by atoms with Gasteiger partial charge in [0.15, 0.2) is 0 Å². The van der Waals surface area contributed by atoms with Crippen molar-refractivity contribution in [2.24, 2.45) is 0 Å². The van der Waals surface area contributed by atoms with Gasteiger partial charge in [-0.15, -0.1) is 0 Å². The number of hydrogen-bond donors (Lipinski definition) is 0. The number of hydrogen-bond acceptors (Lipinski definition) is 2. The predicted molar refractivity (Wildman–Crippen MR) is 71.3 cm³/mol. The molecule has 0 aliphatic rings. The Hall–Kier alpha value is -1.61. The Labute approximate surface area is 103 Å². The first-order valence-corrected chi connectivity index (χ1v) is 6.77. The van der Waals surface area contributed by atoms with Crippen molar-refractivity contribution in [1.82, 2.24) is 0 Å². The lowest BCUT2D eigenvalue weighted by molar-refractivity contribution is 0.602. The van der Waals surface area contributed by atoms with E-state index in [1.807, 2.05) is 13.0 Å². The van der Waals surface area contributed by atoms with Crippen molar-refractivity contribution in [3.8, 4) is 0 Å². The summed E-state index contributed by atoms with van der Waals surface area (Å²) in [7, 11) is -3.47. The normalized spacial score (nSPS) is 12.9. The lowest BCUT2D eigenvalue weighted by Gasteiger charge is -2.07. The maximum atomic E-state index is 12.2. The minimum absolute atomic E-state index is 0.141.